The Bertz CT molecular complexity index is 1430. The first-order valence-corrected chi connectivity index (χ1v) is 12.7. The molecule has 2 aromatic heterocycles. The summed E-state index contributed by atoms with van der Waals surface area (Å²) in [5.74, 6) is 0. The van der Waals surface area contributed by atoms with Crippen molar-refractivity contribution in [1.82, 2.24) is 25.3 Å². The Balaban J connectivity index is 0.00000400. The molecule has 212 valence electrons. The monoisotopic (exact) mass is 563 g/mol. The second-order valence-electron chi connectivity index (χ2n) is 8.82. The molecule has 0 amide bonds. The molecule has 38 heavy (non-hydrogen) atoms. The molecule has 2 fully saturated rings. The summed E-state index contributed by atoms with van der Waals surface area (Å²) in [6, 6.07) is 0. The number of ether oxygens (including phenoxy) is 2. The summed E-state index contributed by atoms with van der Waals surface area (Å²) in [6.45, 7) is 1.68. The van der Waals surface area contributed by atoms with E-state index in [9.17, 15) is 38.8 Å². The number of nitrogens with one attached hydrogen (secondary N) is 2. The number of phosphoric ester groups is 1. The van der Waals surface area contributed by atoms with Gasteiger partial charge in [-0.3, -0.25) is 33.3 Å². The molecular formula is C20H30N5O12P. The number of nitrogens with zero attached hydrogens (tertiary/aromatic N) is 2. The van der Waals surface area contributed by atoms with Crippen molar-refractivity contribution >= 4 is 7.82 Å². The molecular weight excluding hydrogens is 533 g/mol. The molecule has 0 saturated carbocycles. The fraction of sp³-hybridized carbons (Fsp3) is 0.600. The summed E-state index contributed by atoms with van der Waals surface area (Å²) >= 11 is 0. The van der Waals surface area contributed by atoms with Gasteiger partial charge >= 0.3 is 11.4 Å². The summed E-state index contributed by atoms with van der Waals surface area (Å²) < 4.78 is 35.7. The fourth-order valence-corrected chi connectivity index (χ4v) is 5.09. The molecule has 2 aliphatic rings. The van der Waals surface area contributed by atoms with Crippen LogP contribution in [0.3, 0.4) is 0 Å². The molecule has 17 nitrogen and oxygen atoms in total. The summed E-state index contributed by atoms with van der Waals surface area (Å²) in [7, 11) is -5.03. The highest BCUT2D eigenvalue weighted by molar-refractivity contribution is 7.45. The Morgan fingerprint density at radius 1 is 1.00 bits per heavy atom. The maximum atomic E-state index is 12.5. The minimum absolute atomic E-state index is 0. The van der Waals surface area contributed by atoms with Crippen molar-refractivity contribution < 1.29 is 38.2 Å². The van der Waals surface area contributed by atoms with Crippen LogP contribution in [0, 0.1) is 13.8 Å². The molecule has 8 N–H and O–H groups in total. The zero-order chi connectivity index (χ0) is 27.1. The number of quaternary nitrogens is 1. The number of aliphatic hydroxyl groups is 2. The summed E-state index contributed by atoms with van der Waals surface area (Å²) in [5.41, 5.74) is -2.22. The van der Waals surface area contributed by atoms with Crippen LogP contribution in [0.5, 0.6) is 0 Å². The Kier molecular flexibility index (Phi) is 9.08. The number of phosphoric acid groups is 1. The lowest BCUT2D eigenvalue weighted by Crippen LogP contribution is -2.33. The highest BCUT2D eigenvalue weighted by atomic mass is 31.2. The minimum Gasteiger partial charge on any atom is -0.756 e. The molecule has 7 atom stereocenters. The summed E-state index contributed by atoms with van der Waals surface area (Å²) in [6.07, 6.45) is -4.38. The topological polar surface area (TPSA) is 264 Å². The van der Waals surface area contributed by atoms with Crippen molar-refractivity contribution in [2.45, 2.75) is 63.6 Å². The van der Waals surface area contributed by atoms with E-state index in [1.54, 1.807) is 0 Å². The van der Waals surface area contributed by atoms with Gasteiger partial charge in [-0.05, 0) is 13.8 Å². The van der Waals surface area contributed by atoms with Crippen LogP contribution in [0.4, 0.5) is 0 Å². The normalized spacial score (nSPS) is 28.7. The lowest BCUT2D eigenvalue weighted by Gasteiger charge is -2.29. The first kappa shape index (κ1) is 29.8. The number of aliphatic hydroxyl groups excluding tert-OH is 2. The lowest BCUT2D eigenvalue weighted by molar-refractivity contribution is -0.234. The molecule has 2 saturated heterocycles. The van der Waals surface area contributed by atoms with Crippen LogP contribution in [0.15, 0.2) is 31.6 Å². The van der Waals surface area contributed by atoms with E-state index >= 15 is 0 Å². The molecule has 0 aromatic carbocycles. The molecule has 0 radical (unpaired) electrons. The van der Waals surface area contributed by atoms with E-state index in [0.29, 0.717) is 0 Å². The molecule has 0 spiro atoms. The lowest BCUT2D eigenvalue weighted by atomic mass is 10.2. The van der Waals surface area contributed by atoms with Gasteiger partial charge in [0.1, 0.15) is 24.7 Å². The van der Waals surface area contributed by atoms with Crippen LogP contribution in [0.2, 0.25) is 0 Å². The molecule has 4 rings (SSSR count). The molecule has 0 aliphatic carbocycles. The van der Waals surface area contributed by atoms with Crippen LogP contribution in [-0.4, -0.2) is 66.9 Å². The van der Waals surface area contributed by atoms with E-state index in [1.807, 2.05) is 0 Å². The van der Waals surface area contributed by atoms with Gasteiger partial charge in [-0.25, -0.2) is 9.59 Å². The average Bonchev–Trinajstić information content (AvgIpc) is 3.39. The van der Waals surface area contributed by atoms with Gasteiger partial charge in [0.2, 0.25) is 0 Å². The number of hydrogen-bond donors (Lipinski definition) is 5. The third-order valence-corrected chi connectivity index (χ3v) is 7.13. The van der Waals surface area contributed by atoms with Gasteiger partial charge in [-0.2, -0.15) is 0 Å². The maximum absolute atomic E-state index is 12.5. The Hall–Kier alpha value is -2.73. The Labute approximate surface area is 213 Å². The van der Waals surface area contributed by atoms with Crippen LogP contribution >= 0.6 is 7.82 Å². The van der Waals surface area contributed by atoms with E-state index in [-0.39, 0.29) is 30.1 Å². The van der Waals surface area contributed by atoms with Crippen LogP contribution < -0.4 is 33.5 Å². The molecule has 2 aromatic rings. The van der Waals surface area contributed by atoms with Gasteiger partial charge < -0.3 is 39.8 Å². The van der Waals surface area contributed by atoms with Crippen molar-refractivity contribution in [2.75, 3.05) is 13.2 Å². The average molecular weight is 563 g/mol. The summed E-state index contributed by atoms with van der Waals surface area (Å²) in [5, 5.41) is 19.9. The Morgan fingerprint density at radius 3 is 2.03 bits per heavy atom. The highest BCUT2D eigenvalue weighted by Crippen LogP contribution is 2.45. The quantitative estimate of drug-likeness (QED) is 0.216. The zero-order valence-corrected chi connectivity index (χ0v) is 21.7. The smallest absolute Gasteiger partial charge is 0.330 e. The van der Waals surface area contributed by atoms with Gasteiger partial charge in [-0.15, -0.1) is 0 Å². The number of rotatable bonds is 8. The van der Waals surface area contributed by atoms with E-state index < -0.39 is 80.4 Å². The third-order valence-electron chi connectivity index (χ3n) is 6.14. The van der Waals surface area contributed by atoms with Crippen LogP contribution in [0.1, 0.15) is 36.4 Å². The van der Waals surface area contributed by atoms with E-state index in [2.05, 4.69) is 9.97 Å². The van der Waals surface area contributed by atoms with Gasteiger partial charge in [0.25, 0.3) is 18.9 Å². The second-order valence-corrected chi connectivity index (χ2v) is 10.2. The largest absolute Gasteiger partial charge is 0.756 e. The number of aryl methyl sites for hydroxylation is 2. The molecule has 2 unspecified atom stereocenters. The number of aromatic nitrogens is 4. The molecule has 2 aliphatic heterocycles. The van der Waals surface area contributed by atoms with E-state index in [4.69, 9.17) is 18.5 Å². The van der Waals surface area contributed by atoms with Gasteiger partial charge in [0, 0.05) is 36.4 Å². The second kappa shape index (κ2) is 11.6. The minimum atomic E-state index is -5.03. The van der Waals surface area contributed by atoms with Crippen LogP contribution in [0.25, 0.3) is 0 Å². The van der Waals surface area contributed by atoms with Gasteiger partial charge in [0.15, 0.2) is 0 Å². The highest BCUT2D eigenvalue weighted by Gasteiger charge is 2.41. The van der Waals surface area contributed by atoms with Crippen molar-refractivity contribution in [1.29, 1.82) is 0 Å². The van der Waals surface area contributed by atoms with Crippen molar-refractivity contribution in [2.24, 2.45) is 0 Å². The standard InChI is InChI=1S/C20H27N4O12P.H3N/c1-9-5-23(19(29)21-17(9)27)15-3-11(26)14(35-15)8-33-37(31,32)36-12-4-16(34-13(12)7-25)24-6-10(2)18(28)22-20(24)30;/h5-6,11-16,25-26H,3-4,7-8H2,1-2H3,(H,31,32)(H,21,27,29)(H,22,28,30);1H3/t11-,12-,13+,14?,15+,16+;/m0./s1. The first-order chi connectivity index (χ1) is 17.4. The number of aromatic amines is 2. The molecule has 18 heteroatoms. The van der Waals surface area contributed by atoms with E-state index in [1.165, 1.54) is 26.2 Å². The predicted molar refractivity (Wildman–Crippen MR) is 127 cm³/mol. The Morgan fingerprint density at radius 2 is 1.50 bits per heavy atom. The predicted octanol–water partition coefficient (Wildman–Crippen LogP) is -2.12. The summed E-state index contributed by atoms with van der Waals surface area (Å²) in [4.78, 5) is 64.1. The van der Waals surface area contributed by atoms with Gasteiger partial charge in [-0.1, -0.05) is 0 Å². The van der Waals surface area contributed by atoms with Crippen molar-refractivity contribution in [3.05, 3.63) is 65.2 Å². The third kappa shape index (κ3) is 6.28. The van der Waals surface area contributed by atoms with E-state index in [0.717, 1.165) is 9.13 Å². The first-order valence-electron chi connectivity index (χ1n) is 11.3. The van der Waals surface area contributed by atoms with Crippen molar-refractivity contribution in [3.63, 3.8) is 0 Å². The molecule has 4 heterocycles. The number of H-pyrrole nitrogens is 2. The zero-order valence-electron chi connectivity index (χ0n) is 20.8. The number of hydrogen-bond acceptors (Lipinski definition) is 12. The van der Waals surface area contributed by atoms with Gasteiger partial charge in [0.05, 0.1) is 25.4 Å². The SMILES string of the molecule is Cc1cn([C@H]2C[C@H](O)C(COP(=O)([O-])O[C@H]3C[C@H](n4cc(C)c(=O)[nH]c4=O)O[C@@H]3CO)O2)c(=O)[nH]c1=O.[NH4+]. The van der Waals surface area contributed by atoms with Crippen LogP contribution in [-0.2, 0) is 23.1 Å². The fourth-order valence-electron chi connectivity index (χ4n) is 4.14. The molecule has 0 bridgehead atoms. The van der Waals surface area contributed by atoms with Crippen molar-refractivity contribution in [3.8, 4) is 0 Å². The maximum Gasteiger partial charge on any atom is 0.330 e.